The van der Waals surface area contributed by atoms with Crippen molar-refractivity contribution < 1.29 is 0 Å². The van der Waals surface area contributed by atoms with Crippen LogP contribution in [0.4, 0.5) is 5.13 Å². The summed E-state index contributed by atoms with van der Waals surface area (Å²) in [4.78, 5) is 8.97. The molecular weight excluding hydrogens is 266 g/mol. The van der Waals surface area contributed by atoms with Gasteiger partial charge in [0.05, 0.1) is 5.69 Å². The van der Waals surface area contributed by atoms with Crippen LogP contribution in [-0.2, 0) is 6.42 Å². The zero-order valence-corrected chi connectivity index (χ0v) is 13.9. The molecule has 2 heterocycles. The van der Waals surface area contributed by atoms with Crippen molar-refractivity contribution in [2.75, 3.05) is 25.0 Å². The Morgan fingerprint density at radius 1 is 1.40 bits per heavy atom. The van der Waals surface area contributed by atoms with Crippen LogP contribution in [0.25, 0.3) is 0 Å². The molecule has 1 N–H and O–H groups in total. The largest absolute Gasteiger partial charge is 0.348 e. The summed E-state index contributed by atoms with van der Waals surface area (Å²) >= 11 is 1.93. The number of thiazole rings is 1. The first kappa shape index (κ1) is 14.3. The third-order valence-electron chi connectivity index (χ3n) is 5.38. The molecule has 4 heteroatoms. The van der Waals surface area contributed by atoms with E-state index in [2.05, 4.69) is 31.1 Å². The number of hydrogen-bond acceptors (Lipinski definition) is 4. The van der Waals surface area contributed by atoms with Crippen LogP contribution >= 0.6 is 11.3 Å². The van der Waals surface area contributed by atoms with Gasteiger partial charge >= 0.3 is 0 Å². The van der Waals surface area contributed by atoms with Crippen LogP contribution in [0.5, 0.6) is 0 Å². The Morgan fingerprint density at radius 3 is 2.80 bits per heavy atom. The molecule has 0 bridgehead atoms. The Bertz CT molecular complexity index is 460. The first-order valence-corrected chi connectivity index (χ1v) is 8.88. The maximum atomic E-state index is 4.95. The Balaban J connectivity index is 1.74. The van der Waals surface area contributed by atoms with E-state index in [0.29, 0.717) is 11.5 Å². The van der Waals surface area contributed by atoms with Gasteiger partial charge in [0.15, 0.2) is 5.13 Å². The van der Waals surface area contributed by atoms with Gasteiger partial charge in [-0.3, -0.25) is 0 Å². The van der Waals surface area contributed by atoms with Crippen molar-refractivity contribution in [1.82, 2.24) is 10.3 Å². The molecule has 1 atom stereocenters. The average molecular weight is 293 g/mol. The molecule has 1 unspecified atom stereocenters. The lowest BCUT2D eigenvalue weighted by Gasteiger charge is -2.38. The molecule has 20 heavy (non-hydrogen) atoms. The van der Waals surface area contributed by atoms with Gasteiger partial charge in [-0.15, -0.1) is 0 Å². The number of piperidine rings is 1. The summed E-state index contributed by atoms with van der Waals surface area (Å²) in [5, 5.41) is 4.72. The van der Waals surface area contributed by atoms with Crippen molar-refractivity contribution in [3.63, 3.8) is 0 Å². The second-order valence-corrected chi connectivity index (χ2v) is 7.70. The molecule has 3 nitrogen and oxygen atoms in total. The number of anilines is 1. The minimum absolute atomic E-state index is 0.538. The van der Waals surface area contributed by atoms with E-state index in [1.54, 1.807) is 0 Å². The van der Waals surface area contributed by atoms with Gasteiger partial charge in [0.2, 0.25) is 0 Å². The maximum Gasteiger partial charge on any atom is 0.185 e. The van der Waals surface area contributed by atoms with Crippen molar-refractivity contribution in [2.45, 2.75) is 58.4 Å². The molecule has 1 aromatic heterocycles. The highest BCUT2D eigenvalue weighted by molar-refractivity contribution is 7.15. The van der Waals surface area contributed by atoms with Crippen molar-refractivity contribution >= 4 is 16.5 Å². The number of nitrogens with zero attached hydrogens (tertiary/aromatic N) is 2. The molecule has 0 radical (unpaired) electrons. The SMILES string of the molecule is CCC1(C)CCN(c2nc3c(s2)C(NC)CCC3)CC1. The number of rotatable bonds is 3. The fourth-order valence-electron chi connectivity index (χ4n) is 3.41. The summed E-state index contributed by atoms with van der Waals surface area (Å²) in [5.74, 6) is 0. The van der Waals surface area contributed by atoms with E-state index in [9.17, 15) is 0 Å². The second kappa shape index (κ2) is 5.64. The first-order valence-electron chi connectivity index (χ1n) is 8.07. The van der Waals surface area contributed by atoms with Crippen molar-refractivity contribution in [1.29, 1.82) is 0 Å². The van der Waals surface area contributed by atoms with Crippen molar-refractivity contribution in [3.05, 3.63) is 10.6 Å². The number of fused-ring (bicyclic) bond motifs is 1. The molecule has 1 aliphatic heterocycles. The first-order chi connectivity index (χ1) is 9.65. The molecule has 0 amide bonds. The van der Waals surface area contributed by atoms with Crippen molar-refractivity contribution in [2.24, 2.45) is 5.41 Å². The van der Waals surface area contributed by atoms with Gasteiger partial charge in [-0.2, -0.15) is 0 Å². The lowest BCUT2D eigenvalue weighted by atomic mass is 9.78. The highest BCUT2D eigenvalue weighted by Gasteiger charge is 2.31. The highest BCUT2D eigenvalue weighted by atomic mass is 32.1. The quantitative estimate of drug-likeness (QED) is 0.920. The van der Waals surface area contributed by atoms with E-state index in [1.165, 1.54) is 67.3 Å². The van der Waals surface area contributed by atoms with E-state index >= 15 is 0 Å². The third-order valence-corrected chi connectivity index (χ3v) is 6.65. The van der Waals surface area contributed by atoms with Crippen LogP contribution in [0.3, 0.4) is 0 Å². The zero-order chi connectivity index (χ0) is 14.2. The van der Waals surface area contributed by atoms with E-state index in [1.807, 2.05) is 11.3 Å². The number of aryl methyl sites for hydroxylation is 1. The Hall–Kier alpha value is -0.610. The van der Waals surface area contributed by atoms with Crippen LogP contribution < -0.4 is 10.2 Å². The zero-order valence-electron chi connectivity index (χ0n) is 13.0. The smallest absolute Gasteiger partial charge is 0.185 e. The molecule has 1 aliphatic carbocycles. The molecule has 3 rings (SSSR count). The summed E-state index contributed by atoms with van der Waals surface area (Å²) in [6.45, 7) is 7.13. The van der Waals surface area contributed by atoms with Gasteiger partial charge in [-0.25, -0.2) is 4.98 Å². The molecule has 1 fully saturated rings. The summed E-state index contributed by atoms with van der Waals surface area (Å²) in [6, 6.07) is 0.538. The van der Waals surface area contributed by atoms with E-state index < -0.39 is 0 Å². The average Bonchev–Trinajstić information content (AvgIpc) is 2.91. The van der Waals surface area contributed by atoms with E-state index in [-0.39, 0.29) is 0 Å². The summed E-state index contributed by atoms with van der Waals surface area (Å²) in [6.07, 6.45) is 7.63. The van der Waals surface area contributed by atoms with Gasteiger partial charge in [0, 0.05) is 24.0 Å². The van der Waals surface area contributed by atoms with Crippen LogP contribution in [-0.4, -0.2) is 25.1 Å². The minimum atomic E-state index is 0.538. The standard InChI is InChI=1S/C16H27N3S/c1-4-16(2)8-10-19(11-9-16)15-18-13-7-5-6-12(17-3)14(13)20-15/h12,17H,4-11H2,1-3H3. The van der Waals surface area contributed by atoms with Gasteiger partial charge in [-0.05, 0) is 44.6 Å². The Morgan fingerprint density at radius 2 is 2.15 bits per heavy atom. The molecule has 0 spiro atoms. The molecule has 112 valence electrons. The lowest BCUT2D eigenvalue weighted by molar-refractivity contribution is 0.238. The van der Waals surface area contributed by atoms with Gasteiger partial charge in [0.25, 0.3) is 0 Å². The Kier molecular flexibility index (Phi) is 4.04. The number of aromatic nitrogens is 1. The third kappa shape index (κ3) is 2.60. The second-order valence-electron chi connectivity index (χ2n) is 6.69. The van der Waals surface area contributed by atoms with Gasteiger partial charge < -0.3 is 10.2 Å². The van der Waals surface area contributed by atoms with Crippen LogP contribution in [0.2, 0.25) is 0 Å². The summed E-state index contributed by atoms with van der Waals surface area (Å²) in [5.41, 5.74) is 1.92. The lowest BCUT2D eigenvalue weighted by Crippen LogP contribution is -2.38. The minimum Gasteiger partial charge on any atom is -0.348 e. The predicted molar refractivity (Wildman–Crippen MR) is 86.7 cm³/mol. The fraction of sp³-hybridized carbons (Fsp3) is 0.812. The number of nitrogens with one attached hydrogen (secondary N) is 1. The molecule has 1 saturated heterocycles. The van der Waals surface area contributed by atoms with Crippen LogP contribution in [0, 0.1) is 5.41 Å². The van der Waals surface area contributed by atoms with E-state index in [0.717, 1.165) is 0 Å². The Labute approximate surface area is 126 Å². The molecule has 0 saturated carbocycles. The predicted octanol–water partition coefficient (Wildman–Crippen LogP) is 3.76. The monoisotopic (exact) mass is 293 g/mol. The molecule has 0 aromatic carbocycles. The fourth-order valence-corrected chi connectivity index (χ4v) is 4.72. The van der Waals surface area contributed by atoms with Crippen LogP contribution in [0.1, 0.15) is 62.6 Å². The topological polar surface area (TPSA) is 28.2 Å². The van der Waals surface area contributed by atoms with Gasteiger partial charge in [0.1, 0.15) is 0 Å². The van der Waals surface area contributed by atoms with Crippen LogP contribution in [0.15, 0.2) is 0 Å². The van der Waals surface area contributed by atoms with Gasteiger partial charge in [-0.1, -0.05) is 31.6 Å². The normalized spacial score (nSPS) is 25.6. The number of hydrogen-bond donors (Lipinski definition) is 1. The maximum absolute atomic E-state index is 4.95. The highest BCUT2D eigenvalue weighted by Crippen LogP contribution is 2.40. The summed E-state index contributed by atoms with van der Waals surface area (Å²) < 4.78 is 0. The molecule has 2 aliphatic rings. The molecule has 1 aromatic rings. The molecular formula is C16H27N3S. The summed E-state index contributed by atoms with van der Waals surface area (Å²) in [7, 11) is 2.08. The van der Waals surface area contributed by atoms with E-state index in [4.69, 9.17) is 4.98 Å². The van der Waals surface area contributed by atoms with Crippen molar-refractivity contribution in [3.8, 4) is 0 Å².